The number of fused-ring (bicyclic) bond motifs is 2. The van der Waals surface area contributed by atoms with Gasteiger partial charge in [0.2, 0.25) is 47.3 Å². The first-order valence-corrected chi connectivity index (χ1v) is 27.5. The fraction of sp³-hybridized carbons (Fsp3) is 0.615. The minimum absolute atomic E-state index is 0. The second kappa shape index (κ2) is 42.1. The summed E-state index contributed by atoms with van der Waals surface area (Å²) in [5.41, 5.74) is -0.120. The maximum atomic E-state index is 14.6. The second-order valence-corrected chi connectivity index (χ2v) is 23.9. The van der Waals surface area contributed by atoms with Crippen molar-refractivity contribution in [2.45, 2.75) is 164 Å². The molecule has 4 aliphatic heterocycles. The van der Waals surface area contributed by atoms with Crippen LogP contribution in [0.3, 0.4) is 0 Å². The Kier molecular flexibility index (Phi) is 47.2. The highest BCUT2D eigenvalue weighted by Crippen LogP contribution is 2.48. The quantitative estimate of drug-likeness (QED) is 0.119. The first-order chi connectivity index (χ1) is 34.2. The van der Waals surface area contributed by atoms with Crippen LogP contribution in [0.4, 0.5) is 0 Å². The molecule has 0 unspecified atom stereocenters. The van der Waals surface area contributed by atoms with Gasteiger partial charge in [-0.25, -0.2) is 0 Å². The summed E-state index contributed by atoms with van der Waals surface area (Å²) in [6.45, 7) is 11.2. The van der Waals surface area contributed by atoms with E-state index in [9.17, 15) is 38.4 Å². The number of carbonyl (C=O) groups excluding carboxylic acids is 8. The molecule has 1 aliphatic carbocycles. The van der Waals surface area contributed by atoms with Crippen molar-refractivity contribution < 1.29 is 38.4 Å². The number of hydrogen-bond donors (Lipinski definition) is 8. The molecule has 18 nitrogen and oxygen atoms in total. The van der Waals surface area contributed by atoms with Crippen LogP contribution in [0.15, 0.2) is 60.7 Å². The lowest BCUT2D eigenvalue weighted by Gasteiger charge is -2.36. The fourth-order valence-corrected chi connectivity index (χ4v) is 14.0. The number of amides is 8. The van der Waals surface area contributed by atoms with Crippen molar-refractivity contribution in [3.8, 4) is 0 Å². The zero-order chi connectivity index (χ0) is 52.1. The van der Waals surface area contributed by atoms with E-state index in [1.807, 2.05) is 39.8 Å². The van der Waals surface area contributed by atoms with E-state index >= 15 is 0 Å². The van der Waals surface area contributed by atoms with Crippen LogP contribution in [-0.2, 0) is 38.4 Å². The van der Waals surface area contributed by atoms with E-state index in [4.69, 9.17) is 0 Å². The molecule has 84 heavy (non-hydrogen) atoms. The molecule has 488 valence electrons. The predicted molar refractivity (Wildman–Crippen MR) is 402 cm³/mol. The molecular formula is C52H98N10O8S14. The third-order valence-electron chi connectivity index (χ3n) is 15.2. The Bertz CT molecular complexity index is 2200. The first kappa shape index (κ1) is 94.1. The topological polar surface area (TPSA) is 239 Å². The van der Waals surface area contributed by atoms with E-state index in [1.165, 1.54) is 0 Å². The molecule has 5 fully saturated rings. The van der Waals surface area contributed by atoms with Crippen LogP contribution in [0.5, 0.6) is 0 Å². The molecule has 8 N–H and O–H groups in total. The Morgan fingerprint density at radius 1 is 0.464 bits per heavy atom. The zero-order valence-corrected chi connectivity index (χ0v) is 62.4. The third-order valence-corrected chi connectivity index (χ3v) is 17.7. The highest BCUT2D eigenvalue weighted by Gasteiger charge is 2.56. The summed E-state index contributed by atoms with van der Waals surface area (Å²) >= 11 is 3.20. The maximum absolute atomic E-state index is 14.6. The van der Waals surface area contributed by atoms with Gasteiger partial charge in [-0.05, 0) is 113 Å². The first-order valence-electron chi connectivity index (χ1n) is 25.4. The minimum Gasteiger partial charge on any atom is -0.351 e. The summed E-state index contributed by atoms with van der Waals surface area (Å²) in [7, 11) is 3.35. The fourth-order valence-electron chi connectivity index (χ4n) is 10.8. The van der Waals surface area contributed by atoms with E-state index in [2.05, 4.69) is 42.5 Å². The normalized spacial score (nSPS) is 24.3. The second-order valence-electron chi connectivity index (χ2n) is 21.3. The number of benzene rings is 2. The molecule has 0 spiro atoms. The number of rotatable bonds is 16. The van der Waals surface area contributed by atoms with Gasteiger partial charge in [0.1, 0.15) is 36.3 Å². The molecule has 4 heterocycles. The van der Waals surface area contributed by atoms with Crippen molar-refractivity contribution in [1.82, 2.24) is 52.3 Å². The lowest BCUT2D eigenvalue weighted by atomic mass is 9.83. The lowest BCUT2D eigenvalue weighted by Crippen LogP contribution is -2.59. The summed E-state index contributed by atoms with van der Waals surface area (Å²) < 4.78 is 0. The van der Waals surface area contributed by atoms with Gasteiger partial charge in [-0.1, -0.05) is 88.4 Å². The maximum Gasteiger partial charge on any atom is 0.247 e. The van der Waals surface area contributed by atoms with Gasteiger partial charge in [0, 0.05) is 12.1 Å². The summed E-state index contributed by atoms with van der Waals surface area (Å²) in [5.74, 6) is -1.69. The van der Waals surface area contributed by atoms with Crippen LogP contribution in [0, 0.1) is 10.8 Å². The van der Waals surface area contributed by atoms with Crippen molar-refractivity contribution in [1.29, 1.82) is 0 Å². The number of hydrogen-bond acceptors (Lipinski definition) is 12. The largest absolute Gasteiger partial charge is 0.351 e. The molecular weight excluding hydrogens is 1340 g/mol. The standard InChI is InChI=1S/C52H74N10O8S2.12H2S/c1-29(53-7)43(63)57-35-23-25-71-37-27-51(3,4)41(61(37)49(35)69)47(67)59-39(31-15-11-9-12-16-31)45(65)55-33-19-21-34(22-20-33)56-46(66)40(32-17-13-10-14-18-32)60-48(68)42-52(5,6)28-38-62(42)50(70)36(24-26-72-38)58-44(64)30(2)54-8;;;;;;;;;;;;/h9-18,29-30,33-42,53-54H,19-28H2,1-8H3,(H,55,65)(H,56,66)(H,57,63)(H,58,64)(H,59,67)(H,60,68);12*1H2/t29-,30-,33?,34?,35-,36-,37-,38-,39-,40-,41+,42+;;;;;;;;;;;;/m0............/s1. The molecule has 4 saturated heterocycles. The summed E-state index contributed by atoms with van der Waals surface area (Å²) in [5, 5.41) is 23.5. The number of nitrogens with one attached hydrogen (secondary N) is 8. The van der Waals surface area contributed by atoms with Gasteiger partial charge in [-0.3, -0.25) is 38.4 Å². The van der Waals surface area contributed by atoms with Crippen molar-refractivity contribution in [3.05, 3.63) is 71.8 Å². The molecule has 0 aromatic heterocycles. The van der Waals surface area contributed by atoms with Gasteiger partial charge in [0.25, 0.3) is 0 Å². The van der Waals surface area contributed by atoms with Crippen molar-refractivity contribution in [2.75, 3.05) is 25.6 Å². The number of likely N-dealkylation sites (N-methyl/N-ethyl adjacent to an activating group) is 2. The van der Waals surface area contributed by atoms with Crippen LogP contribution >= 0.6 is 185 Å². The van der Waals surface area contributed by atoms with Gasteiger partial charge >= 0.3 is 0 Å². The average molecular weight is 1440 g/mol. The van der Waals surface area contributed by atoms with E-state index < -0.39 is 82.8 Å². The lowest BCUT2D eigenvalue weighted by molar-refractivity contribution is -0.144. The van der Waals surface area contributed by atoms with Crippen LogP contribution in [0.1, 0.15) is 116 Å². The van der Waals surface area contributed by atoms with Gasteiger partial charge in [0.05, 0.1) is 22.8 Å². The zero-order valence-electron chi connectivity index (χ0n) is 48.7. The molecule has 8 amide bonds. The van der Waals surface area contributed by atoms with Crippen LogP contribution in [0.2, 0.25) is 0 Å². The molecule has 10 atom stereocenters. The Morgan fingerprint density at radius 3 is 1.05 bits per heavy atom. The van der Waals surface area contributed by atoms with Gasteiger partial charge in [-0.15, -0.1) is 23.5 Å². The average Bonchev–Trinajstić information content (AvgIpc) is 3.68. The Balaban J connectivity index is -0.00000127. The molecule has 0 radical (unpaired) electrons. The molecule has 7 rings (SSSR count). The number of nitrogens with zero attached hydrogens (tertiary/aromatic N) is 2. The van der Waals surface area contributed by atoms with Crippen molar-refractivity contribution in [2.24, 2.45) is 10.8 Å². The minimum atomic E-state index is -1.07. The molecule has 2 aromatic carbocycles. The third kappa shape index (κ3) is 22.7. The smallest absolute Gasteiger partial charge is 0.247 e. The highest BCUT2D eigenvalue weighted by atomic mass is 32.2. The Labute approximate surface area is 590 Å². The molecule has 0 bridgehead atoms. The van der Waals surface area contributed by atoms with E-state index in [-0.39, 0.29) is 208 Å². The van der Waals surface area contributed by atoms with Gasteiger partial charge in [-0.2, -0.15) is 162 Å². The van der Waals surface area contributed by atoms with Gasteiger partial charge in [0.15, 0.2) is 0 Å². The Morgan fingerprint density at radius 2 is 0.762 bits per heavy atom. The van der Waals surface area contributed by atoms with Crippen LogP contribution in [-0.4, -0.2) is 142 Å². The van der Waals surface area contributed by atoms with Crippen molar-refractivity contribution in [3.63, 3.8) is 0 Å². The number of carbonyl (C=O) groups is 8. The van der Waals surface area contributed by atoms with Crippen LogP contribution in [0.25, 0.3) is 0 Å². The monoisotopic (exact) mass is 1440 g/mol. The summed E-state index contributed by atoms with van der Waals surface area (Å²) in [6.07, 6.45) is 4.11. The van der Waals surface area contributed by atoms with E-state index in [0.717, 1.165) is 0 Å². The SMILES string of the molecule is CN[C@@H](C)C(=O)N[C@H]1CCS[C@H]2CC(C)(C)[C@@H](C(=O)N[C@H](C(=O)NC3CCC(NC(=O)[C@@H](NC(=O)[C@H]4N5C(=O)[C@@H](NC(=O)[C@H](C)NC)CCS[C@H]5CC4(C)C)c4ccccc4)CC3)c3ccccc3)N2C1=O.S.S.S.S.S.S.S.S.S.S.S.S. The number of thioether (sulfide) groups is 2. The highest BCUT2D eigenvalue weighted by molar-refractivity contribution is 8.00. The van der Waals surface area contributed by atoms with Crippen LogP contribution < -0.4 is 42.5 Å². The molecule has 1 saturated carbocycles. The summed E-state index contributed by atoms with van der Waals surface area (Å²) in [6, 6.07) is 10.9. The summed E-state index contributed by atoms with van der Waals surface area (Å²) in [4.78, 5) is 115. The van der Waals surface area contributed by atoms with Crippen molar-refractivity contribution >= 4 is 233 Å². The predicted octanol–water partition coefficient (Wildman–Crippen LogP) is 3.96. The molecule has 2 aromatic rings. The molecule has 32 heteroatoms. The van der Waals surface area contributed by atoms with E-state index in [1.54, 1.807) is 110 Å². The van der Waals surface area contributed by atoms with E-state index in [0.29, 0.717) is 74.0 Å². The Hall–Kier alpha value is -0.980. The van der Waals surface area contributed by atoms with Gasteiger partial charge < -0.3 is 52.3 Å². The molecule has 5 aliphatic rings.